The predicted molar refractivity (Wildman–Crippen MR) is 184 cm³/mol. The van der Waals surface area contributed by atoms with Gasteiger partial charge < -0.3 is 33.8 Å². The molecule has 0 saturated carbocycles. The van der Waals surface area contributed by atoms with E-state index in [0.29, 0.717) is 23.3 Å². The fourth-order valence-electron chi connectivity index (χ4n) is 4.99. The molecule has 0 aliphatic rings. The Morgan fingerprint density at radius 1 is 0.778 bits per heavy atom. The van der Waals surface area contributed by atoms with Gasteiger partial charge in [0.25, 0.3) is 7.82 Å². The molecule has 262 valence electrons. The van der Waals surface area contributed by atoms with E-state index in [1.165, 1.54) is 103 Å². The topological polar surface area (TPSA) is 109 Å². The first-order chi connectivity index (χ1) is 21.6. The first kappa shape index (κ1) is 41.5. The molecule has 0 saturated heterocycles. The van der Waals surface area contributed by atoms with E-state index in [1.807, 2.05) is 39.3 Å². The number of hydrogen-bond donors (Lipinski definition) is 2. The van der Waals surface area contributed by atoms with E-state index in [0.717, 1.165) is 12.8 Å². The van der Waals surface area contributed by atoms with E-state index in [2.05, 4.69) is 17.6 Å². The Bertz CT molecular complexity index is 884. The monoisotopic (exact) mass is 655 g/mol. The third-order valence-corrected chi connectivity index (χ3v) is 8.81. The molecule has 1 rings (SSSR count). The Balaban J connectivity index is 2.17. The number of unbranched alkanes of at least 4 members (excludes halogenated alkanes) is 17. The van der Waals surface area contributed by atoms with Crippen LogP contribution in [0, 0.1) is 0 Å². The lowest BCUT2D eigenvalue weighted by molar-refractivity contribution is -0.870. The number of amides is 2. The Kier molecular flexibility index (Phi) is 24.5. The van der Waals surface area contributed by atoms with E-state index in [1.54, 1.807) is 12.1 Å². The maximum Gasteiger partial charge on any atom is 0.319 e. The summed E-state index contributed by atoms with van der Waals surface area (Å²) in [6, 6.07) is 8.57. The summed E-state index contributed by atoms with van der Waals surface area (Å²) in [5.74, 6) is 0. The Morgan fingerprint density at radius 2 is 1.27 bits per heavy atom. The standard InChI is InChI=1S/C35H66N3O6P/c1-5-6-7-8-9-10-11-12-13-14-15-16-17-18-19-20-21-25-29-42-32-34(44-45(40,41)43-30-28-38(2,3)4)31-36-35(39)37-33-26-23-22-24-27-33/h22-24,26-27,34H,5-21,25,28-32H2,1-4H3,(H2-,36,37,39,40,41). The Labute approximate surface area is 275 Å². The molecule has 2 unspecified atom stereocenters. The van der Waals surface area contributed by atoms with Crippen molar-refractivity contribution < 1.29 is 32.5 Å². The number of hydrogen-bond acceptors (Lipinski definition) is 6. The fraction of sp³-hybridized carbons (Fsp3) is 0.800. The van der Waals surface area contributed by atoms with Crippen LogP contribution in [-0.4, -0.2) is 70.7 Å². The van der Waals surface area contributed by atoms with E-state index in [-0.39, 0.29) is 19.8 Å². The van der Waals surface area contributed by atoms with Crippen molar-refractivity contribution in [3.05, 3.63) is 30.3 Å². The van der Waals surface area contributed by atoms with Crippen LogP contribution in [0.3, 0.4) is 0 Å². The maximum absolute atomic E-state index is 12.5. The molecule has 45 heavy (non-hydrogen) atoms. The highest BCUT2D eigenvalue weighted by Gasteiger charge is 2.21. The van der Waals surface area contributed by atoms with Crippen LogP contribution >= 0.6 is 7.82 Å². The molecule has 2 amide bonds. The average molecular weight is 656 g/mol. The van der Waals surface area contributed by atoms with Gasteiger partial charge in [-0.15, -0.1) is 0 Å². The number of nitrogens with zero attached hydrogens (tertiary/aromatic N) is 1. The van der Waals surface area contributed by atoms with Gasteiger partial charge in [-0.2, -0.15) is 0 Å². The predicted octanol–water partition coefficient (Wildman–Crippen LogP) is 8.44. The molecule has 0 aliphatic carbocycles. The van der Waals surface area contributed by atoms with Gasteiger partial charge >= 0.3 is 6.03 Å². The van der Waals surface area contributed by atoms with Crippen molar-refractivity contribution in [1.82, 2.24) is 5.32 Å². The van der Waals surface area contributed by atoms with Crippen LogP contribution in [-0.2, 0) is 18.3 Å². The van der Waals surface area contributed by atoms with Gasteiger partial charge in [-0.1, -0.05) is 134 Å². The van der Waals surface area contributed by atoms with Crippen molar-refractivity contribution in [2.75, 3.05) is 59.4 Å². The van der Waals surface area contributed by atoms with E-state index >= 15 is 0 Å². The van der Waals surface area contributed by atoms with E-state index in [9.17, 15) is 14.3 Å². The highest BCUT2D eigenvalue weighted by Crippen LogP contribution is 2.39. The van der Waals surface area contributed by atoms with Gasteiger partial charge in [-0.25, -0.2) is 4.79 Å². The van der Waals surface area contributed by atoms with Crippen LogP contribution in [0.25, 0.3) is 0 Å². The number of rotatable bonds is 30. The number of para-hydroxylation sites is 1. The highest BCUT2D eigenvalue weighted by atomic mass is 31.2. The van der Waals surface area contributed by atoms with Crippen LogP contribution in [0.15, 0.2) is 30.3 Å². The molecule has 1 aromatic carbocycles. The molecular formula is C35H66N3O6P. The minimum atomic E-state index is -4.57. The van der Waals surface area contributed by atoms with Gasteiger partial charge in [0.1, 0.15) is 19.3 Å². The Hall–Kier alpha value is -1.48. The second-order valence-corrected chi connectivity index (χ2v) is 14.7. The molecule has 1 aromatic rings. The number of nitrogens with one attached hydrogen (secondary N) is 2. The van der Waals surface area contributed by atoms with Crippen LogP contribution in [0.1, 0.15) is 122 Å². The molecule has 2 N–H and O–H groups in total. The van der Waals surface area contributed by atoms with E-state index in [4.69, 9.17) is 13.8 Å². The first-order valence-electron chi connectivity index (χ1n) is 17.7. The SMILES string of the molecule is CCCCCCCCCCCCCCCCCCCCOCC(CNC(=O)Nc1ccccc1)OP(=O)([O-])OCC[N+](C)(C)C. The van der Waals surface area contributed by atoms with Crippen molar-refractivity contribution in [3.63, 3.8) is 0 Å². The molecule has 0 heterocycles. The third kappa shape index (κ3) is 27.4. The van der Waals surface area contributed by atoms with Crippen LogP contribution < -0.4 is 15.5 Å². The number of carbonyl (C=O) groups is 1. The summed E-state index contributed by atoms with van der Waals surface area (Å²) in [6.07, 6.45) is 22.9. The zero-order valence-electron chi connectivity index (χ0n) is 29.1. The molecule has 0 aliphatic heterocycles. The normalized spacial score (nSPS) is 13.8. The van der Waals surface area contributed by atoms with Gasteiger partial charge in [-0.3, -0.25) is 4.57 Å². The quantitative estimate of drug-likeness (QED) is 0.0489. The Morgan fingerprint density at radius 3 is 1.76 bits per heavy atom. The largest absolute Gasteiger partial charge is 0.756 e. The zero-order valence-corrected chi connectivity index (χ0v) is 30.0. The molecule has 0 spiro atoms. The lowest BCUT2D eigenvalue weighted by atomic mass is 10.0. The number of phosphoric acid groups is 1. The van der Waals surface area contributed by atoms with Crippen LogP contribution in [0.4, 0.5) is 10.5 Å². The van der Waals surface area contributed by atoms with Crippen LogP contribution in [0.5, 0.6) is 0 Å². The number of carbonyl (C=O) groups excluding carboxylic acids is 1. The lowest BCUT2D eigenvalue weighted by Crippen LogP contribution is -2.40. The van der Waals surface area contributed by atoms with Gasteiger partial charge in [0, 0.05) is 18.8 Å². The van der Waals surface area contributed by atoms with Gasteiger partial charge in [0.05, 0.1) is 27.7 Å². The third-order valence-electron chi connectivity index (χ3n) is 7.76. The molecule has 0 radical (unpaired) electrons. The van der Waals surface area contributed by atoms with Crippen molar-refractivity contribution in [1.29, 1.82) is 0 Å². The number of anilines is 1. The summed E-state index contributed by atoms with van der Waals surface area (Å²) in [4.78, 5) is 24.8. The summed E-state index contributed by atoms with van der Waals surface area (Å²) >= 11 is 0. The summed E-state index contributed by atoms with van der Waals surface area (Å²) in [5.41, 5.74) is 0.635. The second kappa shape index (κ2) is 26.6. The molecule has 0 aromatic heterocycles. The smallest absolute Gasteiger partial charge is 0.319 e. The molecule has 10 heteroatoms. The minimum absolute atomic E-state index is 0.0130. The summed E-state index contributed by atoms with van der Waals surface area (Å²) in [6.45, 7) is 3.31. The maximum atomic E-state index is 12.5. The summed E-state index contributed by atoms with van der Waals surface area (Å²) in [5, 5.41) is 5.39. The average Bonchev–Trinajstić information content (AvgIpc) is 2.98. The highest BCUT2D eigenvalue weighted by molar-refractivity contribution is 7.45. The molecule has 2 atom stereocenters. The second-order valence-electron chi connectivity index (χ2n) is 13.3. The zero-order chi connectivity index (χ0) is 33.1. The van der Waals surface area contributed by atoms with E-state index < -0.39 is 20.0 Å². The number of benzene rings is 1. The first-order valence-corrected chi connectivity index (χ1v) is 19.2. The molecule has 9 nitrogen and oxygen atoms in total. The lowest BCUT2D eigenvalue weighted by Gasteiger charge is -2.30. The van der Waals surface area contributed by atoms with Gasteiger partial charge in [-0.05, 0) is 18.6 Å². The molecule has 0 fully saturated rings. The van der Waals surface area contributed by atoms with Crippen molar-refractivity contribution in [2.24, 2.45) is 0 Å². The summed E-state index contributed by atoms with van der Waals surface area (Å²) < 4.78 is 29.2. The number of urea groups is 1. The van der Waals surface area contributed by atoms with Crippen molar-refractivity contribution in [3.8, 4) is 0 Å². The van der Waals surface area contributed by atoms with Crippen LogP contribution in [0.2, 0.25) is 0 Å². The van der Waals surface area contributed by atoms with Crippen molar-refractivity contribution >= 4 is 19.5 Å². The number of quaternary nitrogens is 1. The number of ether oxygens (including phenoxy) is 1. The number of likely N-dealkylation sites (N-methyl/N-ethyl adjacent to an activating group) is 1. The van der Waals surface area contributed by atoms with Gasteiger partial charge in [0.2, 0.25) is 0 Å². The molecular weight excluding hydrogens is 589 g/mol. The van der Waals surface area contributed by atoms with Gasteiger partial charge in [0.15, 0.2) is 0 Å². The number of phosphoric ester groups is 1. The summed E-state index contributed by atoms with van der Waals surface area (Å²) in [7, 11) is 1.28. The molecule has 0 bridgehead atoms. The fourth-order valence-corrected chi connectivity index (χ4v) is 5.86. The van der Waals surface area contributed by atoms with Crippen molar-refractivity contribution in [2.45, 2.75) is 129 Å². The minimum Gasteiger partial charge on any atom is -0.756 e.